The lowest BCUT2D eigenvalue weighted by Gasteiger charge is -2.07. The van der Waals surface area contributed by atoms with Crippen LogP contribution in [0.5, 0.6) is 11.5 Å². The average Bonchev–Trinajstić information content (AvgIpc) is 3.06. The lowest BCUT2D eigenvalue weighted by atomic mass is 10.2. The summed E-state index contributed by atoms with van der Waals surface area (Å²) in [5.41, 5.74) is 6.40. The fourth-order valence-electron chi connectivity index (χ4n) is 2.28. The Hall–Kier alpha value is -3.04. The number of nitrogens with two attached hydrogens (primary N) is 1. The molecule has 0 aliphatic carbocycles. The highest BCUT2D eigenvalue weighted by Gasteiger charge is 2.12. The summed E-state index contributed by atoms with van der Waals surface area (Å²) >= 11 is 5.73. The normalized spacial score (nSPS) is 12.0. The van der Waals surface area contributed by atoms with Gasteiger partial charge in [0.1, 0.15) is 17.3 Å². The van der Waals surface area contributed by atoms with Gasteiger partial charge in [-0.15, -0.1) is 10.2 Å². The lowest BCUT2D eigenvalue weighted by Crippen LogP contribution is -2.30. The van der Waals surface area contributed by atoms with Gasteiger partial charge >= 0.3 is 5.97 Å². The maximum Gasteiger partial charge on any atom is 0.304 e. The highest BCUT2D eigenvalue weighted by molar-refractivity contribution is 6.30. The summed E-state index contributed by atoms with van der Waals surface area (Å²) in [6.45, 7) is 0.145. The molecule has 0 saturated heterocycles. The number of hydrogen-bond acceptors (Lipinski definition) is 6. The minimum Gasteiger partial charge on any atom is -0.481 e. The summed E-state index contributed by atoms with van der Waals surface area (Å²) in [5.74, 6) is -0.200. The van der Waals surface area contributed by atoms with Gasteiger partial charge < -0.3 is 15.6 Å². The molecule has 1 heterocycles. The first-order chi connectivity index (χ1) is 12.9. The summed E-state index contributed by atoms with van der Waals surface area (Å²) in [7, 11) is 0. The number of carbonyl (C=O) groups is 1. The lowest BCUT2D eigenvalue weighted by molar-refractivity contribution is -0.137. The molecule has 0 fully saturated rings. The SMILES string of the molecule is NC(CC(=O)O)Cn1nnc(-c2ccc(Oc3ccc(F)c(Cl)c3)cc2)n1. The van der Waals surface area contributed by atoms with Crippen LogP contribution in [0.25, 0.3) is 11.4 Å². The number of carboxylic acids is 1. The van der Waals surface area contributed by atoms with Crippen LogP contribution in [0.15, 0.2) is 42.5 Å². The number of carboxylic acid groups (broad SMARTS) is 1. The van der Waals surface area contributed by atoms with Crippen LogP contribution in [0, 0.1) is 5.82 Å². The molecule has 1 unspecified atom stereocenters. The third-order valence-corrected chi connectivity index (χ3v) is 3.82. The molecule has 27 heavy (non-hydrogen) atoms. The van der Waals surface area contributed by atoms with E-state index < -0.39 is 17.8 Å². The monoisotopic (exact) mass is 391 g/mol. The summed E-state index contributed by atoms with van der Waals surface area (Å²) in [6.07, 6.45) is -0.184. The van der Waals surface area contributed by atoms with Gasteiger partial charge in [-0.25, -0.2) is 4.39 Å². The molecule has 0 spiro atoms. The minimum absolute atomic E-state index is 0.0222. The van der Waals surface area contributed by atoms with Gasteiger partial charge in [-0.1, -0.05) is 11.6 Å². The van der Waals surface area contributed by atoms with E-state index in [1.807, 2.05) is 0 Å². The molecule has 8 nitrogen and oxygen atoms in total. The van der Waals surface area contributed by atoms with Crippen molar-refractivity contribution in [3.8, 4) is 22.9 Å². The number of nitrogens with zero attached hydrogens (tertiary/aromatic N) is 4. The van der Waals surface area contributed by atoms with E-state index in [9.17, 15) is 9.18 Å². The maximum absolute atomic E-state index is 13.2. The van der Waals surface area contributed by atoms with E-state index in [1.54, 1.807) is 24.3 Å². The molecule has 140 valence electrons. The van der Waals surface area contributed by atoms with E-state index in [0.29, 0.717) is 22.9 Å². The topological polar surface area (TPSA) is 116 Å². The summed E-state index contributed by atoms with van der Waals surface area (Å²) in [4.78, 5) is 11.9. The van der Waals surface area contributed by atoms with E-state index in [-0.39, 0.29) is 18.0 Å². The Balaban J connectivity index is 1.66. The smallest absolute Gasteiger partial charge is 0.304 e. The highest BCUT2D eigenvalue weighted by atomic mass is 35.5. The molecule has 3 aromatic rings. The Labute approximate surface area is 158 Å². The number of halogens is 2. The Morgan fingerprint density at radius 1 is 1.26 bits per heavy atom. The van der Waals surface area contributed by atoms with Crippen molar-refractivity contribution in [3.63, 3.8) is 0 Å². The van der Waals surface area contributed by atoms with Gasteiger partial charge in [0.05, 0.1) is 18.0 Å². The summed E-state index contributed by atoms with van der Waals surface area (Å²) < 4.78 is 18.8. The largest absolute Gasteiger partial charge is 0.481 e. The van der Waals surface area contributed by atoms with Crippen molar-refractivity contribution in [3.05, 3.63) is 53.3 Å². The first kappa shape index (κ1) is 18.7. The van der Waals surface area contributed by atoms with Crippen molar-refractivity contribution in [2.75, 3.05) is 0 Å². The van der Waals surface area contributed by atoms with Crippen molar-refractivity contribution >= 4 is 17.6 Å². The quantitative estimate of drug-likeness (QED) is 0.636. The van der Waals surface area contributed by atoms with Crippen molar-refractivity contribution in [2.24, 2.45) is 5.73 Å². The van der Waals surface area contributed by atoms with Gasteiger partial charge in [0.15, 0.2) is 0 Å². The van der Waals surface area contributed by atoms with Gasteiger partial charge in [0.2, 0.25) is 5.82 Å². The number of benzene rings is 2. The predicted octanol–water partition coefficient (Wildman–Crippen LogP) is 2.73. The van der Waals surface area contributed by atoms with Crippen LogP contribution in [0.3, 0.4) is 0 Å². The van der Waals surface area contributed by atoms with Crippen LogP contribution in [-0.4, -0.2) is 37.3 Å². The highest BCUT2D eigenvalue weighted by Crippen LogP contribution is 2.27. The predicted molar refractivity (Wildman–Crippen MR) is 95.0 cm³/mol. The number of hydrogen-bond donors (Lipinski definition) is 2. The summed E-state index contributed by atoms with van der Waals surface area (Å²) in [5, 5.41) is 20.7. The number of tetrazole rings is 1. The first-order valence-electron chi connectivity index (χ1n) is 7.89. The van der Waals surface area contributed by atoms with E-state index in [2.05, 4.69) is 15.4 Å². The molecular formula is C17H15ClFN5O3. The zero-order chi connectivity index (χ0) is 19.4. The van der Waals surface area contributed by atoms with Crippen LogP contribution in [0.2, 0.25) is 5.02 Å². The second-order valence-electron chi connectivity index (χ2n) is 5.73. The van der Waals surface area contributed by atoms with E-state index in [0.717, 1.165) is 0 Å². The van der Waals surface area contributed by atoms with E-state index >= 15 is 0 Å². The van der Waals surface area contributed by atoms with Crippen molar-refractivity contribution in [2.45, 2.75) is 19.0 Å². The minimum atomic E-state index is -0.985. The molecule has 0 amide bonds. The fraction of sp³-hybridized carbons (Fsp3) is 0.176. The van der Waals surface area contributed by atoms with E-state index in [1.165, 1.54) is 23.0 Å². The third kappa shape index (κ3) is 4.99. The first-order valence-corrected chi connectivity index (χ1v) is 8.27. The zero-order valence-electron chi connectivity index (χ0n) is 13.9. The molecular weight excluding hydrogens is 377 g/mol. The molecule has 2 aromatic carbocycles. The van der Waals surface area contributed by atoms with Crippen molar-refractivity contribution in [1.82, 2.24) is 20.2 Å². The van der Waals surface area contributed by atoms with Gasteiger partial charge in [0, 0.05) is 17.7 Å². The van der Waals surface area contributed by atoms with Crippen LogP contribution in [0.1, 0.15) is 6.42 Å². The molecule has 0 radical (unpaired) electrons. The standard InChI is InChI=1S/C17H15ClFN5O3/c18-14-8-13(5-6-15(14)19)27-12-3-1-10(2-4-12)17-21-23-24(22-17)9-11(20)7-16(25)26/h1-6,8,11H,7,9,20H2,(H,25,26). The Kier molecular flexibility index (Phi) is 5.63. The second kappa shape index (κ2) is 8.11. The number of rotatable bonds is 7. The number of aromatic nitrogens is 4. The van der Waals surface area contributed by atoms with E-state index in [4.69, 9.17) is 27.2 Å². The molecule has 1 atom stereocenters. The third-order valence-electron chi connectivity index (χ3n) is 3.53. The molecule has 10 heteroatoms. The second-order valence-corrected chi connectivity index (χ2v) is 6.14. The molecule has 3 N–H and O–H groups in total. The average molecular weight is 392 g/mol. The molecule has 3 rings (SSSR count). The van der Waals surface area contributed by atoms with Gasteiger partial charge in [-0.2, -0.15) is 4.80 Å². The molecule has 0 aliphatic rings. The molecule has 1 aromatic heterocycles. The van der Waals surface area contributed by atoms with Crippen LogP contribution in [0.4, 0.5) is 4.39 Å². The Morgan fingerprint density at radius 2 is 1.96 bits per heavy atom. The molecule has 0 saturated carbocycles. The fourth-order valence-corrected chi connectivity index (χ4v) is 2.45. The van der Waals surface area contributed by atoms with Crippen molar-refractivity contribution < 1.29 is 19.0 Å². The van der Waals surface area contributed by atoms with Crippen LogP contribution < -0.4 is 10.5 Å². The molecule has 0 bridgehead atoms. The van der Waals surface area contributed by atoms with Crippen LogP contribution >= 0.6 is 11.6 Å². The number of ether oxygens (including phenoxy) is 1. The zero-order valence-corrected chi connectivity index (χ0v) is 14.7. The van der Waals surface area contributed by atoms with Gasteiger partial charge in [0.25, 0.3) is 0 Å². The van der Waals surface area contributed by atoms with Gasteiger partial charge in [-0.05, 0) is 41.6 Å². The van der Waals surface area contributed by atoms with Crippen LogP contribution in [-0.2, 0) is 11.3 Å². The number of aliphatic carboxylic acids is 1. The van der Waals surface area contributed by atoms with Crippen molar-refractivity contribution in [1.29, 1.82) is 0 Å². The summed E-state index contributed by atoms with van der Waals surface area (Å²) in [6, 6.07) is 10.3. The van der Waals surface area contributed by atoms with Gasteiger partial charge in [-0.3, -0.25) is 4.79 Å². The Morgan fingerprint density at radius 3 is 2.63 bits per heavy atom. The maximum atomic E-state index is 13.2. The molecule has 0 aliphatic heterocycles. The Bertz CT molecular complexity index is 948.